The van der Waals surface area contributed by atoms with Gasteiger partial charge in [-0.2, -0.15) is 18.6 Å². The average molecular weight is 497 g/mol. The molecule has 1 atom stereocenters. The zero-order valence-corrected chi connectivity index (χ0v) is 19.9. The van der Waals surface area contributed by atoms with Crippen molar-refractivity contribution in [2.75, 3.05) is 18.6 Å². The fraction of sp³-hybridized carbons (Fsp3) is 0.227. The van der Waals surface area contributed by atoms with Crippen LogP contribution >= 0.6 is 25.1 Å². The van der Waals surface area contributed by atoms with Crippen LogP contribution in [0.4, 0.5) is 5.82 Å². The summed E-state index contributed by atoms with van der Waals surface area (Å²) in [5.41, 5.74) is 2.08. The lowest BCUT2D eigenvalue weighted by molar-refractivity contribution is 0.414. The number of methoxy groups -OCH3 is 1. The third kappa shape index (κ3) is 3.39. The summed E-state index contributed by atoms with van der Waals surface area (Å²) in [6.45, 7) is 0.758. The number of hydrogen-bond acceptors (Lipinski definition) is 7. The molecule has 34 heavy (non-hydrogen) atoms. The molecule has 12 heteroatoms. The Morgan fingerprint density at radius 3 is 2.94 bits per heavy atom. The molecule has 5 aromatic rings. The van der Waals surface area contributed by atoms with Gasteiger partial charge in [0.15, 0.2) is 17.3 Å². The Kier molecular flexibility index (Phi) is 5.66. The van der Waals surface area contributed by atoms with Gasteiger partial charge in [-0.15, -0.1) is 0 Å². The summed E-state index contributed by atoms with van der Waals surface area (Å²) >= 11 is 6.35. The van der Waals surface area contributed by atoms with Gasteiger partial charge in [0.25, 0.3) is 5.56 Å². The summed E-state index contributed by atoms with van der Waals surface area (Å²) in [5, 5.41) is 5.21. The Balaban J connectivity index is 0.00000241. The highest BCUT2D eigenvalue weighted by molar-refractivity contribution is 7.59. The number of nitrogens with zero attached hydrogens (tertiary/aromatic N) is 7. The molecule has 0 spiro atoms. The minimum Gasteiger partial charge on any atom is -0.497 e. The maximum Gasteiger partial charge on any atom is 0.284 e. The van der Waals surface area contributed by atoms with Crippen molar-refractivity contribution < 1.29 is 4.74 Å². The molecule has 0 radical (unpaired) electrons. The fourth-order valence-electron chi connectivity index (χ4n) is 4.52. The number of benzene rings is 1. The molecule has 0 amide bonds. The molecule has 6 rings (SSSR count). The molecule has 1 aromatic carbocycles. The van der Waals surface area contributed by atoms with Crippen LogP contribution in [0.5, 0.6) is 5.75 Å². The Morgan fingerprint density at radius 2 is 2.09 bits per heavy atom. The number of H-pyrrole nitrogens is 1. The van der Waals surface area contributed by atoms with E-state index in [9.17, 15) is 4.79 Å². The van der Waals surface area contributed by atoms with Crippen LogP contribution in [0.25, 0.3) is 22.4 Å². The number of hydrogen-bond donors (Lipinski definition) is 1. The van der Waals surface area contributed by atoms with Gasteiger partial charge in [0.2, 0.25) is 0 Å². The second kappa shape index (κ2) is 8.65. The third-order valence-electron chi connectivity index (χ3n) is 6.00. The summed E-state index contributed by atoms with van der Waals surface area (Å²) in [5.74, 6) is 1.97. The summed E-state index contributed by atoms with van der Waals surface area (Å²) in [6.07, 6.45) is 6.53. The maximum atomic E-state index is 13.7. The van der Waals surface area contributed by atoms with Crippen LogP contribution in [-0.2, 0) is 0 Å². The first-order chi connectivity index (χ1) is 16.2. The highest BCUT2D eigenvalue weighted by atomic mass is 35.5. The van der Waals surface area contributed by atoms with E-state index in [1.807, 2.05) is 24.3 Å². The normalized spacial score (nSPS) is 15.7. The monoisotopic (exact) mass is 496 g/mol. The molecule has 0 saturated carbocycles. The van der Waals surface area contributed by atoms with Gasteiger partial charge in [-0.1, -0.05) is 17.7 Å². The van der Waals surface area contributed by atoms with Crippen LogP contribution in [0.2, 0.25) is 5.02 Å². The van der Waals surface area contributed by atoms with Gasteiger partial charge in [-0.25, -0.2) is 19.5 Å². The van der Waals surface area contributed by atoms with Crippen molar-refractivity contribution in [3.05, 3.63) is 70.4 Å². The smallest absolute Gasteiger partial charge is 0.284 e. The van der Waals surface area contributed by atoms with E-state index in [1.54, 1.807) is 34.8 Å². The molecule has 0 bridgehead atoms. The van der Waals surface area contributed by atoms with E-state index in [2.05, 4.69) is 24.8 Å². The Hall–Kier alpha value is -3.57. The largest absolute Gasteiger partial charge is 0.497 e. The van der Waals surface area contributed by atoms with Gasteiger partial charge < -0.3 is 14.6 Å². The van der Waals surface area contributed by atoms with Crippen LogP contribution in [0, 0.1) is 0 Å². The minimum atomic E-state index is -0.246. The van der Waals surface area contributed by atoms with Crippen molar-refractivity contribution in [1.29, 1.82) is 0 Å². The molecule has 174 valence electrons. The lowest BCUT2D eigenvalue weighted by atomic mass is 10.2. The van der Waals surface area contributed by atoms with Crippen LogP contribution in [0.1, 0.15) is 24.7 Å². The van der Waals surface area contributed by atoms with E-state index >= 15 is 0 Å². The van der Waals surface area contributed by atoms with Crippen molar-refractivity contribution in [1.82, 2.24) is 34.1 Å². The molecule has 1 saturated heterocycles. The quantitative estimate of drug-likeness (QED) is 0.407. The number of halogens is 1. The molecule has 5 heterocycles. The van der Waals surface area contributed by atoms with Crippen LogP contribution in [-0.4, -0.2) is 47.8 Å². The second-order valence-electron chi connectivity index (χ2n) is 7.81. The van der Waals surface area contributed by atoms with Gasteiger partial charge >= 0.3 is 0 Å². The highest BCUT2D eigenvalue weighted by Gasteiger charge is 2.34. The predicted octanol–water partition coefficient (Wildman–Crippen LogP) is 3.27. The molecule has 0 aliphatic carbocycles. The summed E-state index contributed by atoms with van der Waals surface area (Å²) in [7, 11) is 1.59. The molecule has 1 aliphatic heterocycles. The van der Waals surface area contributed by atoms with Gasteiger partial charge in [0.1, 0.15) is 23.1 Å². The molecule has 1 N–H and O–H groups in total. The van der Waals surface area contributed by atoms with E-state index in [0.29, 0.717) is 33.4 Å². The zero-order chi connectivity index (χ0) is 22.5. The molecule has 0 unspecified atom stereocenters. The van der Waals surface area contributed by atoms with Crippen LogP contribution < -0.4 is 15.2 Å². The molecule has 10 nitrogen and oxygen atoms in total. The number of fused-ring (bicyclic) bond motifs is 2. The first-order valence-corrected chi connectivity index (χ1v) is 10.9. The van der Waals surface area contributed by atoms with E-state index in [1.165, 1.54) is 6.33 Å². The molecule has 1 aliphatic rings. The second-order valence-corrected chi connectivity index (χ2v) is 8.21. The molecule has 4 aromatic heterocycles. The van der Waals surface area contributed by atoms with Crippen molar-refractivity contribution in [2.24, 2.45) is 0 Å². The number of aromatic amines is 1. The summed E-state index contributed by atoms with van der Waals surface area (Å²) in [6, 6.07) is 8.84. The SMILES string of the molecule is COc1cccc(-n2c([C@@H]3CCCN3c3ncnc4nc[nH]c34)nn3ccc(Cl)c3c2=O)c1.S. The standard InChI is InChI=1S/C22H19ClN8O2.H2S/c1-33-14-5-2-4-13(10-14)31-20(28-30-9-7-15(23)18(30)22(31)32)16-6-3-8-29(16)21-17-19(25-11-24-17)26-12-27-21;/h2,4-5,7,9-12,16H,3,6,8H2,1H3,(H,24,25,26,27);1H2/t16-;/m0./s1. The number of imidazole rings is 1. The van der Waals surface area contributed by atoms with E-state index in [0.717, 1.165) is 30.7 Å². The number of anilines is 1. The maximum absolute atomic E-state index is 13.7. The first kappa shape index (κ1) is 22.2. The van der Waals surface area contributed by atoms with Crippen LogP contribution in [0.3, 0.4) is 0 Å². The van der Waals surface area contributed by atoms with Gasteiger partial charge in [0, 0.05) is 18.8 Å². The lowest BCUT2D eigenvalue weighted by Crippen LogP contribution is -2.33. The molecular weight excluding hydrogens is 476 g/mol. The predicted molar refractivity (Wildman–Crippen MR) is 134 cm³/mol. The Morgan fingerprint density at radius 1 is 1.21 bits per heavy atom. The first-order valence-electron chi connectivity index (χ1n) is 10.5. The molecule has 1 fully saturated rings. The molecular formula is C22H21ClN8O2S. The van der Waals surface area contributed by atoms with E-state index in [-0.39, 0.29) is 25.1 Å². The Labute approximate surface area is 205 Å². The van der Waals surface area contributed by atoms with Crippen molar-refractivity contribution in [3.63, 3.8) is 0 Å². The summed E-state index contributed by atoms with van der Waals surface area (Å²) < 4.78 is 8.58. The number of rotatable bonds is 4. The number of nitrogens with one attached hydrogen (secondary N) is 1. The van der Waals surface area contributed by atoms with E-state index in [4.69, 9.17) is 21.4 Å². The van der Waals surface area contributed by atoms with E-state index < -0.39 is 0 Å². The minimum absolute atomic E-state index is 0. The number of ether oxygens (including phenoxy) is 1. The Bertz CT molecular complexity index is 1560. The van der Waals surface area contributed by atoms with Gasteiger partial charge in [-0.05, 0) is 31.0 Å². The van der Waals surface area contributed by atoms with Gasteiger partial charge in [-0.3, -0.25) is 9.36 Å². The van der Waals surface area contributed by atoms with Crippen molar-refractivity contribution >= 4 is 47.6 Å². The lowest BCUT2D eigenvalue weighted by Gasteiger charge is -2.27. The van der Waals surface area contributed by atoms with Gasteiger partial charge in [0.05, 0.1) is 30.2 Å². The third-order valence-corrected chi connectivity index (χ3v) is 6.30. The van der Waals surface area contributed by atoms with Crippen molar-refractivity contribution in [2.45, 2.75) is 18.9 Å². The topological polar surface area (TPSA) is 106 Å². The van der Waals surface area contributed by atoms with Crippen LogP contribution in [0.15, 0.2) is 54.0 Å². The average Bonchev–Trinajstić information content (AvgIpc) is 3.58. The highest BCUT2D eigenvalue weighted by Crippen LogP contribution is 2.37. The number of aromatic nitrogens is 7. The van der Waals surface area contributed by atoms with Crippen molar-refractivity contribution in [3.8, 4) is 11.4 Å². The zero-order valence-electron chi connectivity index (χ0n) is 18.1. The summed E-state index contributed by atoms with van der Waals surface area (Å²) in [4.78, 5) is 32.0. The fourth-order valence-corrected chi connectivity index (χ4v) is 4.74.